The van der Waals surface area contributed by atoms with Crippen molar-refractivity contribution in [1.29, 1.82) is 0 Å². The SMILES string of the molecule is CCCCCCCCCCCCCCCC(=O)OCCC.CCCCCCCCCCCCCCCCC. The van der Waals surface area contributed by atoms with E-state index in [2.05, 4.69) is 20.8 Å². The lowest BCUT2D eigenvalue weighted by Gasteiger charge is -2.04. The Kier molecular flexibility index (Phi) is 40.3. The van der Waals surface area contributed by atoms with E-state index < -0.39 is 0 Å². The summed E-state index contributed by atoms with van der Waals surface area (Å²) >= 11 is 0. The molecule has 0 amide bonds. The number of ether oxygens (including phenoxy) is 1. The van der Waals surface area contributed by atoms with Crippen LogP contribution in [0.1, 0.15) is 220 Å². The van der Waals surface area contributed by atoms with Gasteiger partial charge in [0.25, 0.3) is 0 Å². The highest BCUT2D eigenvalue weighted by atomic mass is 16.5. The number of esters is 1. The van der Waals surface area contributed by atoms with E-state index in [0.29, 0.717) is 13.0 Å². The fourth-order valence-electron chi connectivity index (χ4n) is 5.02. The lowest BCUT2D eigenvalue weighted by Crippen LogP contribution is -2.04. The molecule has 2 nitrogen and oxygen atoms in total. The van der Waals surface area contributed by atoms with Crippen LogP contribution in [0, 0.1) is 0 Å². The molecule has 0 radical (unpaired) electrons. The molecule has 0 aromatic carbocycles. The van der Waals surface area contributed by atoms with Crippen LogP contribution in [0.15, 0.2) is 0 Å². The van der Waals surface area contributed by atoms with Crippen molar-refractivity contribution in [3.05, 3.63) is 0 Å². The van der Waals surface area contributed by atoms with Crippen molar-refractivity contribution in [3.63, 3.8) is 0 Å². The monoisotopic (exact) mass is 539 g/mol. The van der Waals surface area contributed by atoms with Crippen molar-refractivity contribution in [1.82, 2.24) is 0 Å². The van der Waals surface area contributed by atoms with E-state index in [0.717, 1.165) is 12.8 Å². The summed E-state index contributed by atoms with van der Waals surface area (Å²) in [6.45, 7) is 9.46. The van der Waals surface area contributed by atoms with Gasteiger partial charge in [0.05, 0.1) is 6.61 Å². The number of hydrogen-bond donors (Lipinski definition) is 0. The van der Waals surface area contributed by atoms with Crippen molar-refractivity contribution >= 4 is 5.97 Å². The molecule has 0 aromatic rings. The Morgan fingerprint density at radius 1 is 0.342 bits per heavy atom. The molecule has 0 N–H and O–H groups in total. The number of rotatable bonds is 30. The predicted molar refractivity (Wildman–Crippen MR) is 172 cm³/mol. The highest BCUT2D eigenvalue weighted by molar-refractivity contribution is 5.69. The van der Waals surface area contributed by atoms with Gasteiger partial charge in [-0.2, -0.15) is 0 Å². The molecule has 0 rings (SSSR count). The third-order valence-electron chi connectivity index (χ3n) is 7.66. The fraction of sp³-hybridized carbons (Fsp3) is 0.972. The Morgan fingerprint density at radius 2 is 0.579 bits per heavy atom. The van der Waals surface area contributed by atoms with Crippen molar-refractivity contribution in [2.75, 3.05) is 6.61 Å². The van der Waals surface area contributed by atoms with Crippen LogP contribution < -0.4 is 0 Å². The minimum absolute atomic E-state index is 0.0140. The van der Waals surface area contributed by atoms with Gasteiger partial charge in [0.1, 0.15) is 0 Å². The van der Waals surface area contributed by atoms with E-state index in [1.807, 2.05) is 6.92 Å². The molecule has 0 saturated carbocycles. The molecule has 230 valence electrons. The smallest absolute Gasteiger partial charge is 0.305 e. The van der Waals surface area contributed by atoms with Gasteiger partial charge >= 0.3 is 5.97 Å². The second kappa shape index (κ2) is 38.6. The molecule has 0 saturated heterocycles. The Morgan fingerprint density at radius 3 is 0.816 bits per heavy atom. The lowest BCUT2D eigenvalue weighted by molar-refractivity contribution is -0.143. The summed E-state index contributed by atoms with van der Waals surface area (Å²) < 4.78 is 5.06. The van der Waals surface area contributed by atoms with E-state index >= 15 is 0 Å². The Hall–Kier alpha value is -0.530. The Bertz CT molecular complexity index is 392. The van der Waals surface area contributed by atoms with Crippen molar-refractivity contribution in [3.8, 4) is 0 Å². The van der Waals surface area contributed by atoms with E-state index in [4.69, 9.17) is 4.74 Å². The number of carbonyl (C=O) groups excluding carboxylic acids is 1. The third kappa shape index (κ3) is 40.0. The average molecular weight is 539 g/mol. The standard InChI is InChI=1S/C19H38O2.C17H36/c1-3-5-6-7-8-9-10-11-12-13-14-15-16-17-19(20)21-18-4-2;1-3-5-7-9-11-13-15-17-16-14-12-10-8-6-4-2/h3-18H2,1-2H3;3-17H2,1-2H3. The van der Waals surface area contributed by atoms with Gasteiger partial charge in [0, 0.05) is 6.42 Å². The van der Waals surface area contributed by atoms with Crippen molar-refractivity contribution in [2.24, 2.45) is 0 Å². The number of unbranched alkanes of at least 4 members (excludes halogenated alkanes) is 26. The highest BCUT2D eigenvalue weighted by Crippen LogP contribution is 2.14. The van der Waals surface area contributed by atoms with E-state index in [9.17, 15) is 4.79 Å². The van der Waals surface area contributed by atoms with Gasteiger partial charge in [-0.1, -0.05) is 201 Å². The molecule has 38 heavy (non-hydrogen) atoms. The zero-order valence-corrected chi connectivity index (χ0v) is 27.2. The van der Waals surface area contributed by atoms with Gasteiger partial charge < -0.3 is 4.74 Å². The second-order valence-electron chi connectivity index (χ2n) is 11.8. The van der Waals surface area contributed by atoms with Crippen LogP contribution in [0.5, 0.6) is 0 Å². The summed E-state index contributed by atoms with van der Waals surface area (Å²) in [5.41, 5.74) is 0. The topological polar surface area (TPSA) is 26.3 Å². The van der Waals surface area contributed by atoms with Crippen LogP contribution in [-0.4, -0.2) is 12.6 Å². The zero-order chi connectivity index (χ0) is 28.2. The molecular weight excluding hydrogens is 464 g/mol. The molecule has 0 bridgehead atoms. The summed E-state index contributed by atoms with van der Waals surface area (Å²) in [7, 11) is 0. The maximum absolute atomic E-state index is 11.3. The molecule has 0 fully saturated rings. The van der Waals surface area contributed by atoms with Crippen molar-refractivity contribution < 1.29 is 9.53 Å². The zero-order valence-electron chi connectivity index (χ0n) is 27.2. The summed E-state index contributed by atoms with van der Waals surface area (Å²) in [4.78, 5) is 11.3. The van der Waals surface area contributed by atoms with Crippen LogP contribution in [0.2, 0.25) is 0 Å². The summed E-state index contributed by atoms with van der Waals surface area (Å²) in [5.74, 6) is -0.0140. The molecule has 2 heteroatoms. The maximum Gasteiger partial charge on any atom is 0.305 e. The van der Waals surface area contributed by atoms with E-state index in [1.54, 1.807) is 0 Å². The van der Waals surface area contributed by atoms with Crippen LogP contribution in [0.25, 0.3) is 0 Å². The van der Waals surface area contributed by atoms with Gasteiger partial charge in [-0.15, -0.1) is 0 Å². The molecular formula is C36H74O2. The fourth-order valence-corrected chi connectivity index (χ4v) is 5.02. The summed E-state index contributed by atoms with van der Waals surface area (Å²) in [6, 6.07) is 0. The van der Waals surface area contributed by atoms with Gasteiger partial charge in [0.15, 0.2) is 0 Å². The van der Waals surface area contributed by atoms with Crippen LogP contribution in [-0.2, 0) is 9.53 Å². The summed E-state index contributed by atoms with van der Waals surface area (Å²) in [6.07, 6.45) is 40.9. The first-order chi connectivity index (χ1) is 18.7. The number of hydrogen-bond acceptors (Lipinski definition) is 2. The molecule has 0 aromatic heterocycles. The molecule has 0 aliphatic heterocycles. The van der Waals surface area contributed by atoms with Crippen molar-refractivity contribution in [2.45, 2.75) is 220 Å². The summed E-state index contributed by atoms with van der Waals surface area (Å²) in [5, 5.41) is 0. The molecule has 0 aliphatic rings. The van der Waals surface area contributed by atoms with E-state index in [-0.39, 0.29) is 5.97 Å². The first-order valence-electron chi connectivity index (χ1n) is 17.9. The molecule has 0 unspecified atom stereocenters. The molecule has 0 aliphatic carbocycles. The first-order valence-corrected chi connectivity index (χ1v) is 17.9. The second-order valence-corrected chi connectivity index (χ2v) is 11.8. The Balaban J connectivity index is 0. The third-order valence-corrected chi connectivity index (χ3v) is 7.66. The van der Waals surface area contributed by atoms with Gasteiger partial charge in [-0.25, -0.2) is 0 Å². The largest absolute Gasteiger partial charge is 0.466 e. The minimum Gasteiger partial charge on any atom is -0.466 e. The van der Waals surface area contributed by atoms with E-state index in [1.165, 1.54) is 173 Å². The average Bonchev–Trinajstić information content (AvgIpc) is 2.93. The van der Waals surface area contributed by atoms with Gasteiger partial charge in [0.2, 0.25) is 0 Å². The minimum atomic E-state index is -0.0140. The lowest BCUT2D eigenvalue weighted by atomic mass is 10.0. The maximum atomic E-state index is 11.3. The van der Waals surface area contributed by atoms with Crippen LogP contribution in [0.4, 0.5) is 0 Å². The normalized spacial score (nSPS) is 10.8. The quantitative estimate of drug-likeness (QED) is 0.0671. The van der Waals surface area contributed by atoms with Crippen LogP contribution in [0.3, 0.4) is 0 Å². The number of carbonyl (C=O) groups is 1. The first kappa shape index (κ1) is 39.6. The van der Waals surface area contributed by atoms with Gasteiger partial charge in [-0.05, 0) is 12.8 Å². The van der Waals surface area contributed by atoms with Gasteiger partial charge in [-0.3, -0.25) is 4.79 Å². The molecule has 0 atom stereocenters. The highest BCUT2D eigenvalue weighted by Gasteiger charge is 2.01. The Labute approximate surface area is 242 Å². The predicted octanol–water partition coefficient (Wildman–Crippen LogP) is 13.3. The molecule has 0 spiro atoms. The molecule has 0 heterocycles. The van der Waals surface area contributed by atoms with Crippen LogP contribution >= 0.6 is 0 Å².